The summed E-state index contributed by atoms with van der Waals surface area (Å²) in [6, 6.07) is 13.5. The molecule has 1 atom stereocenters. The SMILES string of the molecule is CN[C@@H]1CCN(c2cccc(-c3ccc4cnc(CNC(=O)c5cncc(S(C)(=O)=O)c5)cc4n3)n2)C1. The second-order valence-electron chi connectivity index (χ2n) is 9.03. The summed E-state index contributed by atoms with van der Waals surface area (Å²) in [6.45, 7) is 2.04. The molecule has 1 saturated heterocycles. The van der Waals surface area contributed by atoms with Gasteiger partial charge in [0.05, 0.1) is 39.6 Å². The Morgan fingerprint density at radius 2 is 1.92 bits per heavy atom. The zero-order valence-corrected chi connectivity index (χ0v) is 21.4. The van der Waals surface area contributed by atoms with Crippen LogP contribution in [0.5, 0.6) is 0 Å². The predicted octanol–water partition coefficient (Wildman–Crippen LogP) is 2.22. The van der Waals surface area contributed by atoms with Gasteiger partial charge in [-0.3, -0.25) is 14.8 Å². The van der Waals surface area contributed by atoms with Gasteiger partial charge in [0, 0.05) is 49.4 Å². The number of hydrogen-bond donors (Lipinski definition) is 2. The average molecular weight is 518 g/mol. The van der Waals surface area contributed by atoms with Crippen LogP contribution >= 0.6 is 0 Å². The predicted molar refractivity (Wildman–Crippen MR) is 141 cm³/mol. The van der Waals surface area contributed by atoms with Crippen LogP contribution in [-0.4, -0.2) is 66.7 Å². The van der Waals surface area contributed by atoms with Gasteiger partial charge in [0.25, 0.3) is 5.91 Å². The van der Waals surface area contributed by atoms with Crippen molar-refractivity contribution in [3.63, 3.8) is 0 Å². The molecule has 1 aliphatic heterocycles. The Labute approximate surface area is 215 Å². The van der Waals surface area contributed by atoms with Crippen LogP contribution in [0, 0.1) is 0 Å². The van der Waals surface area contributed by atoms with Gasteiger partial charge < -0.3 is 15.5 Å². The summed E-state index contributed by atoms with van der Waals surface area (Å²) in [5.74, 6) is 0.495. The summed E-state index contributed by atoms with van der Waals surface area (Å²) in [4.78, 5) is 32.8. The maximum Gasteiger partial charge on any atom is 0.253 e. The lowest BCUT2D eigenvalue weighted by Gasteiger charge is -2.18. The van der Waals surface area contributed by atoms with E-state index in [9.17, 15) is 13.2 Å². The van der Waals surface area contributed by atoms with Gasteiger partial charge in [-0.15, -0.1) is 0 Å². The summed E-state index contributed by atoms with van der Waals surface area (Å²) in [6.07, 6.45) is 6.42. The fourth-order valence-electron chi connectivity index (χ4n) is 4.26. The molecule has 0 aromatic carbocycles. The molecule has 190 valence electrons. The molecule has 2 N–H and O–H groups in total. The minimum atomic E-state index is -3.46. The number of hydrogen-bond acceptors (Lipinski definition) is 9. The molecule has 5 heterocycles. The van der Waals surface area contributed by atoms with Crippen LogP contribution in [0.2, 0.25) is 0 Å². The van der Waals surface area contributed by atoms with Crippen LogP contribution in [0.15, 0.2) is 66.0 Å². The van der Waals surface area contributed by atoms with E-state index in [1.807, 2.05) is 43.4 Å². The lowest BCUT2D eigenvalue weighted by atomic mass is 10.2. The van der Waals surface area contributed by atoms with Crippen LogP contribution in [0.4, 0.5) is 5.82 Å². The minimum Gasteiger partial charge on any atom is -0.355 e. The first kappa shape index (κ1) is 24.7. The third-order valence-corrected chi connectivity index (χ3v) is 7.46. The fourth-order valence-corrected chi connectivity index (χ4v) is 4.86. The van der Waals surface area contributed by atoms with Gasteiger partial charge in [0.1, 0.15) is 5.82 Å². The highest BCUT2D eigenvalue weighted by Gasteiger charge is 2.22. The molecule has 1 fully saturated rings. The maximum absolute atomic E-state index is 12.6. The Morgan fingerprint density at radius 1 is 1.08 bits per heavy atom. The summed E-state index contributed by atoms with van der Waals surface area (Å²) < 4.78 is 23.5. The number of anilines is 1. The summed E-state index contributed by atoms with van der Waals surface area (Å²) >= 11 is 0. The van der Waals surface area contributed by atoms with E-state index >= 15 is 0 Å². The Kier molecular flexibility index (Phi) is 6.81. The van der Waals surface area contributed by atoms with Gasteiger partial charge in [-0.1, -0.05) is 6.07 Å². The zero-order valence-electron chi connectivity index (χ0n) is 20.5. The molecule has 0 saturated carbocycles. The number of rotatable bonds is 7. The highest BCUT2D eigenvalue weighted by molar-refractivity contribution is 7.90. The molecule has 1 amide bonds. The minimum absolute atomic E-state index is 0.00929. The highest BCUT2D eigenvalue weighted by Crippen LogP contribution is 2.24. The summed E-state index contributed by atoms with van der Waals surface area (Å²) in [5, 5.41) is 6.97. The van der Waals surface area contributed by atoms with E-state index in [0.717, 1.165) is 53.9 Å². The lowest BCUT2D eigenvalue weighted by Crippen LogP contribution is -2.29. The number of pyridine rings is 4. The Morgan fingerprint density at radius 3 is 2.70 bits per heavy atom. The number of aromatic nitrogens is 4. The molecule has 37 heavy (non-hydrogen) atoms. The van der Waals surface area contributed by atoms with Crippen molar-refractivity contribution < 1.29 is 13.2 Å². The second-order valence-corrected chi connectivity index (χ2v) is 11.0. The number of sulfone groups is 1. The normalized spacial score (nSPS) is 15.7. The van der Waals surface area contributed by atoms with Gasteiger partial charge in [-0.2, -0.15) is 0 Å². The van der Waals surface area contributed by atoms with Crippen molar-refractivity contribution in [2.45, 2.75) is 23.9 Å². The van der Waals surface area contributed by atoms with Gasteiger partial charge in [-0.05, 0) is 49.9 Å². The van der Waals surface area contributed by atoms with Crippen molar-refractivity contribution in [2.24, 2.45) is 0 Å². The molecule has 0 aliphatic carbocycles. The largest absolute Gasteiger partial charge is 0.355 e. The molecule has 0 spiro atoms. The van der Waals surface area contributed by atoms with Crippen molar-refractivity contribution in [1.29, 1.82) is 0 Å². The first-order valence-corrected chi connectivity index (χ1v) is 13.8. The van der Waals surface area contributed by atoms with E-state index in [1.165, 1.54) is 18.5 Å². The zero-order chi connectivity index (χ0) is 26.0. The van der Waals surface area contributed by atoms with Crippen molar-refractivity contribution in [1.82, 2.24) is 30.6 Å². The maximum atomic E-state index is 12.6. The van der Waals surface area contributed by atoms with Crippen molar-refractivity contribution in [2.75, 3.05) is 31.3 Å². The first-order chi connectivity index (χ1) is 17.8. The van der Waals surface area contributed by atoms with Gasteiger partial charge in [0.15, 0.2) is 9.84 Å². The molecular formula is C26H27N7O3S. The quantitative estimate of drug-likeness (QED) is 0.379. The molecule has 4 aromatic rings. The third kappa shape index (κ3) is 5.57. The Balaban J connectivity index is 1.33. The van der Waals surface area contributed by atoms with E-state index in [0.29, 0.717) is 11.7 Å². The standard InChI is InChI=1S/C26H27N7O3S/c1-27-19-8-9-33(16-19)25-5-3-4-22(32-25)23-7-6-17-13-29-20(11-24(17)31-23)14-30-26(34)18-10-21(15-28-12-18)37(2,35)36/h3-7,10-13,15,19,27H,8-9,14,16H2,1-2H3,(H,30,34)/t19-/m1/s1. The van der Waals surface area contributed by atoms with E-state index in [4.69, 9.17) is 9.97 Å². The molecule has 4 aromatic heterocycles. The second kappa shape index (κ2) is 10.2. The van der Waals surface area contributed by atoms with E-state index in [1.54, 1.807) is 6.20 Å². The Hall–Kier alpha value is -3.96. The fraction of sp³-hybridized carbons (Fsp3) is 0.269. The molecular weight excluding hydrogens is 490 g/mol. The van der Waals surface area contributed by atoms with Crippen LogP contribution in [-0.2, 0) is 16.4 Å². The van der Waals surface area contributed by atoms with Gasteiger partial charge >= 0.3 is 0 Å². The molecule has 0 radical (unpaired) electrons. The average Bonchev–Trinajstić information content (AvgIpc) is 3.40. The molecule has 0 unspecified atom stereocenters. The van der Waals surface area contributed by atoms with Crippen LogP contribution in [0.25, 0.3) is 22.3 Å². The number of likely N-dealkylation sites (N-methyl/N-ethyl adjacent to an activating group) is 1. The number of nitrogens with one attached hydrogen (secondary N) is 2. The van der Waals surface area contributed by atoms with Crippen LogP contribution in [0.1, 0.15) is 22.5 Å². The molecule has 11 heteroatoms. The first-order valence-electron chi connectivity index (χ1n) is 11.9. The monoisotopic (exact) mass is 517 g/mol. The van der Waals surface area contributed by atoms with E-state index < -0.39 is 15.7 Å². The number of carbonyl (C=O) groups excluding carboxylic acids is 1. The number of nitrogens with zero attached hydrogens (tertiary/aromatic N) is 5. The van der Waals surface area contributed by atoms with Crippen LogP contribution in [0.3, 0.4) is 0 Å². The third-order valence-electron chi connectivity index (χ3n) is 6.38. The molecule has 10 nitrogen and oxygen atoms in total. The van der Waals surface area contributed by atoms with E-state index in [2.05, 4.69) is 25.5 Å². The molecule has 5 rings (SSSR count). The lowest BCUT2D eigenvalue weighted by molar-refractivity contribution is 0.0950. The van der Waals surface area contributed by atoms with Gasteiger partial charge in [0.2, 0.25) is 0 Å². The van der Waals surface area contributed by atoms with Crippen molar-refractivity contribution in [3.8, 4) is 11.4 Å². The topological polar surface area (TPSA) is 130 Å². The summed E-state index contributed by atoms with van der Waals surface area (Å²) in [7, 11) is -1.48. The Bertz CT molecular complexity index is 1580. The molecule has 1 aliphatic rings. The summed E-state index contributed by atoms with van der Waals surface area (Å²) in [5.41, 5.74) is 3.06. The number of amides is 1. The smallest absolute Gasteiger partial charge is 0.253 e. The van der Waals surface area contributed by atoms with Crippen LogP contribution < -0.4 is 15.5 Å². The number of carbonyl (C=O) groups is 1. The van der Waals surface area contributed by atoms with Crippen molar-refractivity contribution in [3.05, 3.63) is 72.3 Å². The number of fused-ring (bicyclic) bond motifs is 1. The van der Waals surface area contributed by atoms with Gasteiger partial charge in [-0.25, -0.2) is 18.4 Å². The highest BCUT2D eigenvalue weighted by atomic mass is 32.2. The van der Waals surface area contributed by atoms with Crippen molar-refractivity contribution >= 4 is 32.5 Å². The van der Waals surface area contributed by atoms with E-state index in [-0.39, 0.29) is 17.0 Å². The molecule has 0 bridgehead atoms.